The molecule has 0 amide bonds. The van der Waals surface area contributed by atoms with Gasteiger partial charge in [0.25, 0.3) is 0 Å². The summed E-state index contributed by atoms with van der Waals surface area (Å²) in [6, 6.07) is 0.378. The Hall–Kier alpha value is -0.120. The molecule has 88 valence electrons. The van der Waals surface area contributed by atoms with Crippen LogP contribution in [0.1, 0.15) is 33.1 Å². The molecule has 1 heterocycles. The summed E-state index contributed by atoms with van der Waals surface area (Å²) in [5.41, 5.74) is 6.60. The highest BCUT2D eigenvalue weighted by Crippen LogP contribution is 2.36. The quantitative estimate of drug-likeness (QED) is 0.725. The lowest BCUT2D eigenvalue weighted by Crippen LogP contribution is -2.50. The maximum absolute atomic E-state index is 9.48. The lowest BCUT2D eigenvalue weighted by molar-refractivity contribution is 0.110. The second kappa shape index (κ2) is 4.04. The third-order valence-corrected chi connectivity index (χ3v) is 3.97. The van der Waals surface area contributed by atoms with Crippen molar-refractivity contribution in [2.24, 2.45) is 17.1 Å². The van der Waals surface area contributed by atoms with Crippen molar-refractivity contribution < 1.29 is 5.11 Å². The third-order valence-electron chi connectivity index (χ3n) is 3.97. The molecule has 0 aromatic rings. The smallest absolute Gasteiger partial charge is 0.0602 e. The van der Waals surface area contributed by atoms with Crippen molar-refractivity contribution in [1.29, 1.82) is 0 Å². The minimum atomic E-state index is 0.184. The van der Waals surface area contributed by atoms with Gasteiger partial charge in [0.2, 0.25) is 0 Å². The molecular weight excluding hydrogens is 188 g/mol. The van der Waals surface area contributed by atoms with Crippen molar-refractivity contribution in [2.45, 2.75) is 45.2 Å². The second-order valence-corrected chi connectivity index (χ2v) is 6.05. The fourth-order valence-electron chi connectivity index (χ4n) is 2.71. The van der Waals surface area contributed by atoms with Gasteiger partial charge in [-0.25, -0.2) is 0 Å². The van der Waals surface area contributed by atoms with E-state index in [0.29, 0.717) is 11.3 Å². The lowest BCUT2D eigenvalue weighted by Gasteiger charge is -2.32. The van der Waals surface area contributed by atoms with Gasteiger partial charge in [-0.15, -0.1) is 0 Å². The zero-order chi connectivity index (χ0) is 11.1. The third kappa shape index (κ3) is 2.52. The van der Waals surface area contributed by atoms with E-state index in [1.54, 1.807) is 0 Å². The van der Waals surface area contributed by atoms with Gasteiger partial charge in [-0.3, -0.25) is 4.90 Å². The SMILES string of the molecule is CC1(C)CCN(C(CO)C(N)C2CC2)C1. The maximum Gasteiger partial charge on any atom is 0.0602 e. The highest BCUT2D eigenvalue weighted by Gasteiger charge is 2.40. The first-order valence-corrected chi connectivity index (χ1v) is 6.14. The monoisotopic (exact) mass is 212 g/mol. The summed E-state index contributed by atoms with van der Waals surface area (Å²) in [6.07, 6.45) is 3.74. The van der Waals surface area contributed by atoms with E-state index < -0.39 is 0 Å². The largest absolute Gasteiger partial charge is 0.395 e. The molecule has 2 rings (SSSR count). The number of hydrogen-bond acceptors (Lipinski definition) is 3. The Balaban J connectivity index is 1.94. The number of aliphatic hydroxyl groups excluding tert-OH is 1. The number of likely N-dealkylation sites (tertiary alicyclic amines) is 1. The molecule has 2 aliphatic rings. The minimum Gasteiger partial charge on any atom is -0.395 e. The Kier molecular flexibility index (Phi) is 3.06. The maximum atomic E-state index is 9.48. The highest BCUT2D eigenvalue weighted by atomic mass is 16.3. The molecule has 1 saturated heterocycles. The van der Waals surface area contributed by atoms with E-state index in [-0.39, 0.29) is 18.7 Å². The molecule has 3 N–H and O–H groups in total. The standard InChI is InChI=1S/C12H24N2O/c1-12(2)5-6-14(8-12)10(7-15)11(13)9-3-4-9/h9-11,15H,3-8,13H2,1-2H3. The fourth-order valence-corrected chi connectivity index (χ4v) is 2.71. The lowest BCUT2D eigenvalue weighted by atomic mass is 9.93. The number of nitrogens with zero attached hydrogens (tertiary/aromatic N) is 1. The van der Waals surface area contributed by atoms with Crippen molar-refractivity contribution in [3.8, 4) is 0 Å². The summed E-state index contributed by atoms with van der Waals surface area (Å²) < 4.78 is 0. The summed E-state index contributed by atoms with van der Waals surface area (Å²) in [5.74, 6) is 0.672. The summed E-state index contributed by atoms with van der Waals surface area (Å²) >= 11 is 0. The molecule has 2 atom stereocenters. The predicted octanol–water partition coefficient (Wildman–Crippen LogP) is 0.816. The van der Waals surface area contributed by atoms with Gasteiger partial charge in [0.1, 0.15) is 0 Å². The van der Waals surface area contributed by atoms with E-state index in [1.807, 2.05) is 0 Å². The van der Waals surface area contributed by atoms with Gasteiger partial charge < -0.3 is 10.8 Å². The first-order valence-electron chi connectivity index (χ1n) is 6.14. The van der Waals surface area contributed by atoms with Crippen LogP contribution in [0.2, 0.25) is 0 Å². The predicted molar refractivity (Wildman–Crippen MR) is 61.5 cm³/mol. The molecule has 15 heavy (non-hydrogen) atoms. The highest BCUT2D eigenvalue weighted by molar-refractivity contribution is 4.96. The first-order chi connectivity index (χ1) is 7.03. The van der Waals surface area contributed by atoms with Crippen LogP contribution in [0, 0.1) is 11.3 Å². The zero-order valence-electron chi connectivity index (χ0n) is 9.95. The van der Waals surface area contributed by atoms with Gasteiger partial charge in [0.05, 0.1) is 6.61 Å². The molecule has 0 aromatic carbocycles. The van der Waals surface area contributed by atoms with Crippen LogP contribution in [-0.2, 0) is 0 Å². The van der Waals surface area contributed by atoms with Crippen LogP contribution >= 0.6 is 0 Å². The van der Waals surface area contributed by atoms with Gasteiger partial charge in [0, 0.05) is 18.6 Å². The Morgan fingerprint density at radius 2 is 2.13 bits per heavy atom. The van der Waals surface area contributed by atoms with E-state index >= 15 is 0 Å². The minimum absolute atomic E-state index is 0.184. The molecule has 3 heteroatoms. The van der Waals surface area contributed by atoms with Crippen molar-refractivity contribution in [2.75, 3.05) is 19.7 Å². The average Bonchev–Trinajstić information content (AvgIpc) is 2.93. The molecule has 1 saturated carbocycles. The summed E-state index contributed by atoms with van der Waals surface area (Å²) in [6.45, 7) is 6.99. The Bertz CT molecular complexity index is 226. The van der Waals surface area contributed by atoms with Gasteiger partial charge in [-0.1, -0.05) is 13.8 Å². The number of nitrogens with two attached hydrogens (primary N) is 1. The number of hydrogen-bond donors (Lipinski definition) is 2. The average molecular weight is 212 g/mol. The van der Waals surface area contributed by atoms with Crippen LogP contribution in [0.5, 0.6) is 0 Å². The molecule has 0 radical (unpaired) electrons. The molecule has 0 bridgehead atoms. The fraction of sp³-hybridized carbons (Fsp3) is 1.00. The van der Waals surface area contributed by atoms with E-state index in [4.69, 9.17) is 5.73 Å². The van der Waals surface area contributed by atoms with E-state index in [1.165, 1.54) is 19.3 Å². The molecular formula is C12H24N2O. The van der Waals surface area contributed by atoms with Crippen LogP contribution < -0.4 is 5.73 Å². The van der Waals surface area contributed by atoms with Crippen LogP contribution in [0.4, 0.5) is 0 Å². The van der Waals surface area contributed by atoms with Crippen LogP contribution in [0.3, 0.4) is 0 Å². The van der Waals surface area contributed by atoms with Crippen molar-refractivity contribution >= 4 is 0 Å². The molecule has 0 spiro atoms. The molecule has 3 nitrogen and oxygen atoms in total. The molecule has 0 aromatic heterocycles. The van der Waals surface area contributed by atoms with Crippen molar-refractivity contribution in [3.63, 3.8) is 0 Å². The number of rotatable bonds is 4. The Labute approximate surface area is 92.6 Å². The van der Waals surface area contributed by atoms with Gasteiger partial charge in [-0.2, -0.15) is 0 Å². The van der Waals surface area contributed by atoms with Crippen LogP contribution in [0.15, 0.2) is 0 Å². The molecule has 2 fully saturated rings. The number of aliphatic hydroxyl groups is 1. The van der Waals surface area contributed by atoms with E-state index in [2.05, 4.69) is 18.7 Å². The van der Waals surface area contributed by atoms with Crippen molar-refractivity contribution in [1.82, 2.24) is 4.90 Å². The summed E-state index contributed by atoms with van der Waals surface area (Å²) in [7, 11) is 0. The van der Waals surface area contributed by atoms with Crippen molar-refractivity contribution in [3.05, 3.63) is 0 Å². The van der Waals surface area contributed by atoms with Crippen LogP contribution in [0.25, 0.3) is 0 Å². The van der Waals surface area contributed by atoms with Gasteiger partial charge >= 0.3 is 0 Å². The Morgan fingerprint density at radius 1 is 1.47 bits per heavy atom. The molecule has 1 aliphatic heterocycles. The normalized spacial score (nSPS) is 30.4. The first kappa shape index (κ1) is 11.4. The summed E-state index contributed by atoms with van der Waals surface area (Å²) in [5, 5.41) is 9.48. The van der Waals surface area contributed by atoms with Gasteiger partial charge in [0.15, 0.2) is 0 Å². The molecule has 1 aliphatic carbocycles. The zero-order valence-corrected chi connectivity index (χ0v) is 9.95. The topological polar surface area (TPSA) is 49.5 Å². The Morgan fingerprint density at radius 3 is 2.53 bits per heavy atom. The van der Waals surface area contributed by atoms with Crippen LogP contribution in [-0.4, -0.2) is 41.8 Å². The summed E-state index contributed by atoms with van der Waals surface area (Å²) in [4.78, 5) is 2.39. The van der Waals surface area contributed by atoms with E-state index in [9.17, 15) is 5.11 Å². The molecule has 2 unspecified atom stereocenters. The van der Waals surface area contributed by atoms with E-state index in [0.717, 1.165) is 13.1 Å². The van der Waals surface area contributed by atoms with Gasteiger partial charge in [-0.05, 0) is 37.1 Å². The second-order valence-electron chi connectivity index (χ2n) is 6.05.